The zero-order chi connectivity index (χ0) is 8.27. The molecule has 3 heteroatoms. The average molecular weight is 168 g/mol. The van der Waals surface area contributed by atoms with Gasteiger partial charge in [-0.15, -0.1) is 0 Å². The summed E-state index contributed by atoms with van der Waals surface area (Å²) >= 11 is 4.93. The molecule has 11 heavy (non-hydrogen) atoms. The van der Waals surface area contributed by atoms with E-state index in [2.05, 4.69) is 24.0 Å². The highest BCUT2D eigenvalue weighted by molar-refractivity contribution is 7.71. The van der Waals surface area contributed by atoms with Gasteiger partial charge in [-0.2, -0.15) is 5.10 Å². The first kappa shape index (κ1) is 8.40. The first-order chi connectivity index (χ1) is 5.18. The summed E-state index contributed by atoms with van der Waals surface area (Å²) in [5, 5.41) is 6.62. The van der Waals surface area contributed by atoms with E-state index in [0.29, 0.717) is 10.6 Å². The molecule has 0 saturated carbocycles. The van der Waals surface area contributed by atoms with Crippen molar-refractivity contribution in [2.45, 2.75) is 20.3 Å². The summed E-state index contributed by atoms with van der Waals surface area (Å²) in [7, 11) is 0. The molecule has 1 heterocycles. The first-order valence-corrected chi connectivity index (χ1v) is 4.13. The van der Waals surface area contributed by atoms with Gasteiger partial charge < -0.3 is 0 Å². The van der Waals surface area contributed by atoms with Crippen LogP contribution in [0.4, 0.5) is 0 Å². The van der Waals surface area contributed by atoms with Gasteiger partial charge in [-0.05, 0) is 24.0 Å². The van der Waals surface area contributed by atoms with Crippen molar-refractivity contribution < 1.29 is 0 Å². The maximum absolute atomic E-state index is 4.93. The second kappa shape index (κ2) is 3.62. The minimum atomic E-state index is 0.661. The topological polar surface area (TPSA) is 28.7 Å². The Morgan fingerprint density at radius 1 is 1.64 bits per heavy atom. The Bertz CT molecular complexity index is 277. The van der Waals surface area contributed by atoms with Gasteiger partial charge in [0.1, 0.15) is 4.64 Å². The molecule has 2 nitrogen and oxygen atoms in total. The fraction of sp³-hybridized carbons (Fsp3) is 0.500. The van der Waals surface area contributed by atoms with Crippen LogP contribution in [-0.2, 0) is 6.42 Å². The van der Waals surface area contributed by atoms with Crippen molar-refractivity contribution in [2.24, 2.45) is 5.92 Å². The van der Waals surface area contributed by atoms with Crippen LogP contribution in [0.2, 0.25) is 0 Å². The Kier molecular flexibility index (Phi) is 2.76. The van der Waals surface area contributed by atoms with Crippen molar-refractivity contribution in [1.82, 2.24) is 10.2 Å². The van der Waals surface area contributed by atoms with E-state index in [4.69, 9.17) is 12.2 Å². The maximum Gasteiger partial charge on any atom is 0.119 e. The molecule has 0 aromatic carbocycles. The van der Waals surface area contributed by atoms with E-state index in [0.717, 1.165) is 6.42 Å². The average Bonchev–Trinajstić information content (AvgIpc) is 1.85. The third kappa shape index (κ3) is 2.80. The highest BCUT2D eigenvalue weighted by Gasteiger charge is 1.96. The molecule has 0 aliphatic rings. The number of rotatable bonds is 2. The van der Waals surface area contributed by atoms with E-state index in [1.807, 2.05) is 12.3 Å². The molecule has 0 unspecified atom stereocenters. The first-order valence-electron chi connectivity index (χ1n) is 3.72. The normalized spacial score (nSPS) is 10.5. The van der Waals surface area contributed by atoms with Gasteiger partial charge >= 0.3 is 0 Å². The molecule has 1 aromatic rings. The predicted octanol–water partition coefficient (Wildman–Crippen LogP) is 2.34. The minimum absolute atomic E-state index is 0.661. The second-order valence-electron chi connectivity index (χ2n) is 3.05. The van der Waals surface area contributed by atoms with E-state index >= 15 is 0 Å². The van der Waals surface area contributed by atoms with E-state index in [1.54, 1.807) is 0 Å². The van der Waals surface area contributed by atoms with Crippen LogP contribution in [0.25, 0.3) is 0 Å². The Morgan fingerprint density at radius 2 is 2.36 bits per heavy atom. The van der Waals surface area contributed by atoms with E-state index in [1.165, 1.54) is 5.56 Å². The predicted molar refractivity (Wildman–Crippen MR) is 48.0 cm³/mol. The zero-order valence-corrected chi connectivity index (χ0v) is 7.61. The van der Waals surface area contributed by atoms with Crippen LogP contribution in [0.15, 0.2) is 12.3 Å². The van der Waals surface area contributed by atoms with Gasteiger partial charge in [-0.3, -0.25) is 5.10 Å². The lowest BCUT2D eigenvalue weighted by molar-refractivity contribution is 0.643. The Morgan fingerprint density at radius 3 is 2.91 bits per heavy atom. The lowest BCUT2D eigenvalue weighted by atomic mass is 10.1. The van der Waals surface area contributed by atoms with Crippen LogP contribution in [0.5, 0.6) is 0 Å². The number of hydrogen-bond donors (Lipinski definition) is 1. The standard InChI is InChI=1S/C8H12N2S/c1-6(2)3-7-4-8(11)10-9-5-7/h4-6H,3H2,1-2H3,(H,10,11). The van der Waals surface area contributed by atoms with Gasteiger partial charge in [0.05, 0.1) is 6.20 Å². The third-order valence-corrected chi connectivity index (χ3v) is 1.57. The summed E-state index contributed by atoms with van der Waals surface area (Å²) in [5.74, 6) is 0.661. The summed E-state index contributed by atoms with van der Waals surface area (Å²) in [6, 6.07) is 1.96. The summed E-state index contributed by atoms with van der Waals surface area (Å²) in [6.45, 7) is 4.36. The Labute approximate surface area is 71.7 Å². The number of aromatic nitrogens is 2. The van der Waals surface area contributed by atoms with E-state index in [-0.39, 0.29) is 0 Å². The number of nitrogens with one attached hydrogen (secondary N) is 1. The van der Waals surface area contributed by atoms with E-state index < -0.39 is 0 Å². The highest BCUT2D eigenvalue weighted by Crippen LogP contribution is 2.04. The summed E-state index contributed by atoms with van der Waals surface area (Å²) < 4.78 is 0.711. The largest absolute Gasteiger partial charge is 0.268 e. The fourth-order valence-corrected chi connectivity index (χ4v) is 1.20. The zero-order valence-electron chi connectivity index (χ0n) is 6.79. The summed E-state index contributed by atoms with van der Waals surface area (Å²) in [5.41, 5.74) is 1.21. The molecule has 0 aliphatic carbocycles. The Hall–Kier alpha value is -0.700. The molecule has 0 aliphatic heterocycles. The van der Waals surface area contributed by atoms with Gasteiger partial charge in [-0.25, -0.2) is 0 Å². The summed E-state index contributed by atoms with van der Waals surface area (Å²) in [6.07, 6.45) is 2.88. The molecule has 0 radical (unpaired) electrons. The van der Waals surface area contributed by atoms with Crippen LogP contribution in [0.3, 0.4) is 0 Å². The maximum atomic E-state index is 4.93. The molecule has 1 aromatic heterocycles. The molecule has 60 valence electrons. The lowest BCUT2D eigenvalue weighted by Crippen LogP contribution is -1.95. The molecule has 0 amide bonds. The second-order valence-corrected chi connectivity index (χ2v) is 3.49. The van der Waals surface area contributed by atoms with Crippen molar-refractivity contribution in [3.8, 4) is 0 Å². The van der Waals surface area contributed by atoms with Crippen LogP contribution < -0.4 is 0 Å². The molecule has 1 N–H and O–H groups in total. The highest BCUT2D eigenvalue weighted by atomic mass is 32.1. The monoisotopic (exact) mass is 168 g/mol. The number of hydrogen-bond acceptors (Lipinski definition) is 2. The SMILES string of the molecule is CC(C)Cc1cn[nH]c(=S)c1. The van der Waals surface area contributed by atoms with E-state index in [9.17, 15) is 0 Å². The fourth-order valence-electron chi connectivity index (χ4n) is 1.000. The smallest absolute Gasteiger partial charge is 0.119 e. The van der Waals surface area contributed by atoms with Gasteiger partial charge in [0.25, 0.3) is 0 Å². The van der Waals surface area contributed by atoms with Crippen LogP contribution in [0, 0.1) is 10.6 Å². The molecular weight excluding hydrogens is 156 g/mol. The summed E-state index contributed by atoms with van der Waals surface area (Å²) in [4.78, 5) is 0. The van der Waals surface area contributed by atoms with Crippen LogP contribution >= 0.6 is 12.2 Å². The third-order valence-electron chi connectivity index (χ3n) is 1.37. The quantitative estimate of drug-likeness (QED) is 0.687. The van der Waals surface area contributed by atoms with Crippen molar-refractivity contribution in [3.63, 3.8) is 0 Å². The van der Waals surface area contributed by atoms with Crippen LogP contribution in [0.1, 0.15) is 19.4 Å². The van der Waals surface area contributed by atoms with Crippen molar-refractivity contribution in [1.29, 1.82) is 0 Å². The molecule has 0 fully saturated rings. The van der Waals surface area contributed by atoms with Crippen molar-refractivity contribution in [3.05, 3.63) is 22.5 Å². The molecule has 0 bridgehead atoms. The van der Waals surface area contributed by atoms with Gasteiger partial charge in [0.2, 0.25) is 0 Å². The van der Waals surface area contributed by atoms with Crippen molar-refractivity contribution >= 4 is 12.2 Å². The number of nitrogens with zero attached hydrogens (tertiary/aromatic N) is 1. The van der Waals surface area contributed by atoms with Crippen molar-refractivity contribution in [2.75, 3.05) is 0 Å². The van der Waals surface area contributed by atoms with Gasteiger partial charge in [-0.1, -0.05) is 26.1 Å². The Balaban J connectivity index is 2.80. The minimum Gasteiger partial charge on any atom is -0.268 e. The molecule has 0 atom stereocenters. The van der Waals surface area contributed by atoms with Gasteiger partial charge in [0, 0.05) is 0 Å². The lowest BCUT2D eigenvalue weighted by Gasteiger charge is -2.02. The molecular formula is C8H12N2S. The molecule has 1 rings (SSSR count). The number of aromatic amines is 1. The molecule has 0 spiro atoms. The van der Waals surface area contributed by atoms with Crippen LogP contribution in [-0.4, -0.2) is 10.2 Å². The number of H-pyrrole nitrogens is 1. The van der Waals surface area contributed by atoms with Gasteiger partial charge in [0.15, 0.2) is 0 Å². The molecule has 0 saturated heterocycles.